The number of carbonyl (C=O) groups is 11. The SMILES string of the molecule is CC[C@H](C)[C@@H]1NC(=O)[C@H](CC(C)C)N(C)C(=O)CCCN(C)C(=O)[C@@H](C(=O)N2CCCCC2)NC(=O)[C@H](CC(C)C)N(C)C(=O)[C@H](C)N(C)C(=O)[C@H]([C@@H](C)O)NC(=O)N(C)C(=O)[C@H](COCCC(C)C)NC(=O)[C@H](Cc2ccccc2)N(C)C(=O)[C@H](Cc2ccccc2)N1C. The third-order valence-corrected chi connectivity index (χ3v) is 18.4. The molecular formula is C70H112N12O13. The number of hydrogen-bond donors (Lipinski definition) is 5. The number of amides is 12. The zero-order valence-corrected chi connectivity index (χ0v) is 59.6. The van der Waals surface area contributed by atoms with Gasteiger partial charge >= 0.3 is 6.03 Å². The van der Waals surface area contributed by atoms with Crippen molar-refractivity contribution in [3.8, 4) is 0 Å². The molecule has 2 heterocycles. The number of aliphatic hydroxyl groups is 1. The van der Waals surface area contributed by atoms with E-state index in [0.29, 0.717) is 49.2 Å². The third kappa shape index (κ3) is 23.1. The Morgan fingerprint density at radius 3 is 1.60 bits per heavy atom. The molecule has 2 aromatic carbocycles. The zero-order chi connectivity index (χ0) is 71.1. The molecule has 0 saturated carbocycles. The Bertz CT molecular complexity index is 2870. The van der Waals surface area contributed by atoms with Gasteiger partial charge in [0.25, 0.3) is 17.7 Å². The van der Waals surface area contributed by atoms with E-state index in [2.05, 4.69) is 21.3 Å². The number of rotatable bonds is 17. The maximum atomic E-state index is 15.7. The maximum Gasteiger partial charge on any atom is 0.324 e. The number of likely N-dealkylation sites (tertiary alicyclic amines) is 1. The summed E-state index contributed by atoms with van der Waals surface area (Å²) in [5, 5.41) is 22.3. The zero-order valence-electron chi connectivity index (χ0n) is 59.6. The molecule has 2 aliphatic rings. The average molecular weight is 1330 g/mol. The van der Waals surface area contributed by atoms with E-state index in [9.17, 15) is 43.5 Å². The standard InChI is InChI=1S/C70H112N12O13/c1-18-47(8)60-74-63(87)53(39-45(4)5)77(13)57(84)33-28-35-75(11)67(91)59(69(93)82-36-26-21-27-37-82)72-62(86)54(40-46(6)7)79(15)64(88)48(9)76(12)68(92)58(49(10)83)73-70(94)81(17)65(89)52(43-95-38-34-44(2)3)71-61(85)55(41-50-29-22-19-23-30-50)80(16)66(90)56(78(60)14)42-51-31-24-20-25-32-51/h19-20,22-25,29-32,44-49,52-56,58-60,83H,18,21,26-28,33-43H2,1-17H3,(H,71,85)(H,72,86)(H,73,94)(H,74,87)/t47-,48-,49+,52-,53-,54-,55-,56-,58-,59-,60+/m0/s1. The predicted molar refractivity (Wildman–Crippen MR) is 362 cm³/mol. The second kappa shape index (κ2) is 38.3. The van der Waals surface area contributed by atoms with E-state index in [4.69, 9.17) is 4.74 Å². The van der Waals surface area contributed by atoms with Crippen molar-refractivity contribution in [3.05, 3.63) is 71.8 Å². The van der Waals surface area contributed by atoms with E-state index in [1.165, 1.54) is 61.6 Å². The first-order valence-electron chi connectivity index (χ1n) is 33.9. The molecule has 2 aliphatic heterocycles. The van der Waals surface area contributed by atoms with Crippen LogP contribution in [0.1, 0.15) is 138 Å². The van der Waals surface area contributed by atoms with Crippen LogP contribution in [-0.2, 0) is 65.5 Å². The van der Waals surface area contributed by atoms with Gasteiger partial charge in [-0.15, -0.1) is 0 Å². The molecule has 0 aromatic heterocycles. The molecule has 25 nitrogen and oxygen atoms in total. The molecule has 4 rings (SSSR count). The van der Waals surface area contributed by atoms with Crippen molar-refractivity contribution in [2.45, 2.75) is 200 Å². The van der Waals surface area contributed by atoms with E-state index < -0.39 is 132 Å². The Labute approximate surface area is 564 Å². The molecule has 2 aromatic rings. The number of nitrogens with zero attached hydrogens (tertiary/aromatic N) is 8. The van der Waals surface area contributed by atoms with Crippen LogP contribution in [0.15, 0.2) is 60.7 Å². The molecule has 530 valence electrons. The molecule has 2 fully saturated rings. The van der Waals surface area contributed by atoms with Crippen molar-refractivity contribution in [1.82, 2.24) is 60.5 Å². The number of aliphatic hydroxyl groups excluding tert-OH is 1. The molecule has 95 heavy (non-hydrogen) atoms. The topological polar surface area (TPSA) is 291 Å². The fourth-order valence-corrected chi connectivity index (χ4v) is 11.8. The lowest BCUT2D eigenvalue weighted by molar-refractivity contribution is -0.151. The van der Waals surface area contributed by atoms with Crippen molar-refractivity contribution in [3.63, 3.8) is 0 Å². The highest BCUT2D eigenvalue weighted by molar-refractivity contribution is 6.08. The Hall–Kier alpha value is -7.51. The molecule has 12 amide bonds. The van der Waals surface area contributed by atoms with E-state index in [1.807, 2.05) is 91.8 Å². The van der Waals surface area contributed by atoms with Crippen molar-refractivity contribution in [2.75, 3.05) is 82.2 Å². The highest BCUT2D eigenvalue weighted by Crippen LogP contribution is 2.24. The third-order valence-electron chi connectivity index (χ3n) is 18.4. The van der Waals surface area contributed by atoms with Gasteiger partial charge in [-0.25, -0.2) is 4.79 Å². The maximum absolute atomic E-state index is 15.7. The van der Waals surface area contributed by atoms with Crippen molar-refractivity contribution >= 4 is 65.1 Å². The minimum Gasteiger partial charge on any atom is -0.391 e. The van der Waals surface area contributed by atoms with E-state index in [0.717, 1.165) is 28.8 Å². The van der Waals surface area contributed by atoms with Crippen LogP contribution in [0.25, 0.3) is 0 Å². The van der Waals surface area contributed by atoms with Crippen LogP contribution in [0, 0.1) is 23.7 Å². The number of hydrogen-bond acceptors (Lipinski definition) is 14. The first-order valence-corrected chi connectivity index (χ1v) is 33.9. The average Bonchev–Trinajstić information content (AvgIpc) is 0.824. The summed E-state index contributed by atoms with van der Waals surface area (Å²) >= 11 is 0. The van der Waals surface area contributed by atoms with E-state index in [1.54, 1.807) is 43.3 Å². The normalized spacial score (nSPS) is 25.3. The van der Waals surface area contributed by atoms with Gasteiger partial charge in [-0.3, -0.25) is 57.7 Å². The Morgan fingerprint density at radius 1 is 0.558 bits per heavy atom. The van der Waals surface area contributed by atoms with Gasteiger partial charge in [0, 0.05) is 81.4 Å². The van der Waals surface area contributed by atoms with Crippen molar-refractivity contribution in [2.24, 2.45) is 23.7 Å². The number of ether oxygens (including phenoxy) is 1. The van der Waals surface area contributed by atoms with Crippen LogP contribution in [-0.4, -0.2) is 252 Å². The molecule has 0 aliphatic carbocycles. The summed E-state index contributed by atoms with van der Waals surface area (Å²) in [4.78, 5) is 173. The van der Waals surface area contributed by atoms with Crippen molar-refractivity contribution in [1.29, 1.82) is 0 Å². The molecule has 11 atom stereocenters. The summed E-state index contributed by atoms with van der Waals surface area (Å²) in [5.41, 5.74) is 1.44. The highest BCUT2D eigenvalue weighted by atomic mass is 16.5. The summed E-state index contributed by atoms with van der Waals surface area (Å²) in [6.45, 7) is 18.4. The van der Waals surface area contributed by atoms with Crippen LogP contribution < -0.4 is 21.3 Å². The molecule has 2 saturated heterocycles. The summed E-state index contributed by atoms with van der Waals surface area (Å²) in [6, 6.07) is 6.08. The molecule has 5 N–H and O–H groups in total. The van der Waals surface area contributed by atoms with Gasteiger partial charge < -0.3 is 60.5 Å². The summed E-state index contributed by atoms with van der Waals surface area (Å²) in [5.74, 6) is -7.44. The van der Waals surface area contributed by atoms with Crippen LogP contribution in [0.5, 0.6) is 0 Å². The van der Waals surface area contributed by atoms with Gasteiger partial charge in [-0.1, -0.05) is 122 Å². The predicted octanol–water partition coefficient (Wildman–Crippen LogP) is 3.90. The fraction of sp³-hybridized carbons (Fsp3) is 0.671. The lowest BCUT2D eigenvalue weighted by Gasteiger charge is -2.41. The van der Waals surface area contributed by atoms with E-state index in [-0.39, 0.29) is 75.3 Å². The second-order valence-corrected chi connectivity index (χ2v) is 27.3. The number of likely N-dealkylation sites (N-methyl/N-ethyl adjacent to an activating group) is 7. The minimum absolute atomic E-state index is 0.0290. The van der Waals surface area contributed by atoms with Gasteiger partial charge in [0.1, 0.15) is 36.3 Å². The van der Waals surface area contributed by atoms with Gasteiger partial charge in [0.15, 0.2) is 6.04 Å². The first kappa shape index (κ1) is 79.9. The Balaban J connectivity index is 1.93. The lowest BCUT2D eigenvalue weighted by Crippen LogP contribution is -2.63. The van der Waals surface area contributed by atoms with Crippen LogP contribution in [0.4, 0.5) is 4.79 Å². The monoisotopic (exact) mass is 1330 g/mol. The quantitative estimate of drug-likeness (QED) is 0.111. The number of nitrogens with one attached hydrogen (secondary N) is 4. The Morgan fingerprint density at radius 2 is 1.07 bits per heavy atom. The molecule has 25 heteroatoms. The number of piperidine rings is 1. The molecule has 0 bridgehead atoms. The van der Waals surface area contributed by atoms with Crippen LogP contribution in [0.2, 0.25) is 0 Å². The van der Waals surface area contributed by atoms with Crippen LogP contribution in [0.3, 0.4) is 0 Å². The smallest absolute Gasteiger partial charge is 0.324 e. The van der Waals surface area contributed by atoms with Gasteiger partial charge in [0.2, 0.25) is 41.4 Å². The lowest BCUT2D eigenvalue weighted by atomic mass is 9.96. The molecule has 0 radical (unpaired) electrons. The molecular weight excluding hydrogens is 1220 g/mol. The molecule has 0 unspecified atom stereocenters. The summed E-state index contributed by atoms with van der Waals surface area (Å²) in [7, 11) is 10.0. The van der Waals surface area contributed by atoms with Gasteiger partial charge in [0.05, 0.1) is 24.9 Å². The van der Waals surface area contributed by atoms with Crippen molar-refractivity contribution < 1.29 is 62.6 Å². The summed E-state index contributed by atoms with van der Waals surface area (Å²) in [6.07, 6.45) is 1.31. The number of imide groups is 1. The largest absolute Gasteiger partial charge is 0.391 e. The number of urea groups is 1. The van der Waals surface area contributed by atoms with E-state index >= 15 is 14.4 Å². The fourth-order valence-electron chi connectivity index (χ4n) is 11.8. The summed E-state index contributed by atoms with van der Waals surface area (Å²) < 4.78 is 6.02. The highest BCUT2D eigenvalue weighted by Gasteiger charge is 2.44. The minimum atomic E-state index is -1.76. The van der Waals surface area contributed by atoms with Gasteiger partial charge in [-0.2, -0.15) is 0 Å². The van der Waals surface area contributed by atoms with Gasteiger partial charge in [-0.05, 0) is 107 Å². The first-order chi connectivity index (χ1) is 44.7. The number of carbonyl (C=O) groups excluding carboxylic acids is 11. The second-order valence-electron chi connectivity index (χ2n) is 27.3. The Kier molecular flexibility index (Phi) is 32.2. The number of benzene rings is 2. The van der Waals surface area contributed by atoms with Crippen LogP contribution >= 0.6 is 0 Å². The molecule has 0 spiro atoms.